The molecular formula is C11H9BrCl2N2. The molecule has 2 aromatic rings. The van der Waals surface area contributed by atoms with Crippen LogP contribution < -0.4 is 5.73 Å². The maximum Gasteiger partial charge on any atom is 0.0928 e. The van der Waals surface area contributed by atoms with Crippen molar-refractivity contribution >= 4 is 55.7 Å². The molecule has 1 aromatic carbocycles. The Labute approximate surface area is 112 Å². The summed E-state index contributed by atoms with van der Waals surface area (Å²) in [5, 5.41) is 1.72. The summed E-state index contributed by atoms with van der Waals surface area (Å²) in [5.74, 6) is 0. The molecule has 0 saturated heterocycles. The van der Waals surface area contributed by atoms with E-state index in [1.54, 1.807) is 0 Å². The highest BCUT2D eigenvalue weighted by Gasteiger charge is 2.14. The molecule has 2 N–H and O–H groups in total. The quantitative estimate of drug-likeness (QED) is 0.726. The predicted molar refractivity (Wildman–Crippen MR) is 73.3 cm³/mol. The SMILES string of the molecule is Cc1nc2c(Cl)c(Cl)c(Br)cc2c(N)c1C. The predicted octanol–water partition coefficient (Wildman–Crippen LogP) is 4.50. The summed E-state index contributed by atoms with van der Waals surface area (Å²) in [4.78, 5) is 4.42. The zero-order valence-electron chi connectivity index (χ0n) is 8.74. The van der Waals surface area contributed by atoms with Crippen LogP contribution in [-0.2, 0) is 0 Å². The second-order valence-electron chi connectivity index (χ2n) is 3.62. The number of benzene rings is 1. The van der Waals surface area contributed by atoms with E-state index in [1.807, 2.05) is 19.9 Å². The Morgan fingerprint density at radius 1 is 1.25 bits per heavy atom. The van der Waals surface area contributed by atoms with Crippen molar-refractivity contribution in [3.8, 4) is 0 Å². The molecule has 0 radical (unpaired) electrons. The van der Waals surface area contributed by atoms with Crippen molar-refractivity contribution in [1.29, 1.82) is 0 Å². The summed E-state index contributed by atoms with van der Waals surface area (Å²) in [6.45, 7) is 3.84. The van der Waals surface area contributed by atoms with E-state index in [1.165, 1.54) is 0 Å². The maximum absolute atomic E-state index is 6.15. The first-order chi connectivity index (χ1) is 7.43. The molecule has 16 heavy (non-hydrogen) atoms. The Kier molecular flexibility index (Phi) is 3.03. The molecule has 0 aliphatic carbocycles. The van der Waals surface area contributed by atoms with E-state index in [9.17, 15) is 0 Å². The molecule has 2 nitrogen and oxygen atoms in total. The monoisotopic (exact) mass is 318 g/mol. The van der Waals surface area contributed by atoms with Gasteiger partial charge in [-0.25, -0.2) is 0 Å². The standard InChI is InChI=1S/C11H9BrCl2N2/c1-4-5(2)16-11-6(10(4)15)3-7(12)8(13)9(11)14/h3H,1-2H3,(H2,15,16). The van der Waals surface area contributed by atoms with Crippen molar-refractivity contribution in [1.82, 2.24) is 4.98 Å². The van der Waals surface area contributed by atoms with E-state index in [0.717, 1.165) is 21.1 Å². The number of aryl methyl sites for hydroxylation is 1. The van der Waals surface area contributed by atoms with Crippen LogP contribution in [0, 0.1) is 13.8 Å². The lowest BCUT2D eigenvalue weighted by Crippen LogP contribution is -1.98. The Morgan fingerprint density at radius 2 is 1.88 bits per heavy atom. The molecule has 0 saturated carbocycles. The van der Waals surface area contributed by atoms with Gasteiger partial charge in [-0.2, -0.15) is 0 Å². The normalized spacial score (nSPS) is 11.1. The summed E-state index contributed by atoms with van der Waals surface area (Å²) < 4.78 is 0.725. The largest absolute Gasteiger partial charge is 0.398 e. The second-order valence-corrected chi connectivity index (χ2v) is 5.23. The molecule has 84 valence electrons. The van der Waals surface area contributed by atoms with Gasteiger partial charge in [-0.05, 0) is 41.4 Å². The highest BCUT2D eigenvalue weighted by atomic mass is 79.9. The fraction of sp³-hybridized carbons (Fsp3) is 0.182. The van der Waals surface area contributed by atoms with E-state index in [4.69, 9.17) is 28.9 Å². The minimum absolute atomic E-state index is 0.431. The van der Waals surface area contributed by atoms with Gasteiger partial charge in [0.15, 0.2) is 0 Å². The van der Waals surface area contributed by atoms with Gasteiger partial charge in [0.2, 0.25) is 0 Å². The van der Waals surface area contributed by atoms with E-state index in [0.29, 0.717) is 21.2 Å². The van der Waals surface area contributed by atoms with Gasteiger partial charge in [-0.15, -0.1) is 0 Å². The number of pyridine rings is 1. The number of rotatable bonds is 0. The molecule has 0 spiro atoms. The minimum atomic E-state index is 0.431. The summed E-state index contributed by atoms with van der Waals surface area (Å²) in [5.41, 5.74) is 9.23. The number of halogens is 3. The summed E-state index contributed by atoms with van der Waals surface area (Å²) in [6.07, 6.45) is 0. The third kappa shape index (κ3) is 1.67. The molecule has 1 heterocycles. The number of aromatic nitrogens is 1. The van der Waals surface area contributed by atoms with Gasteiger partial charge in [-0.1, -0.05) is 23.2 Å². The summed E-state index contributed by atoms with van der Waals surface area (Å²) in [7, 11) is 0. The van der Waals surface area contributed by atoms with Gasteiger partial charge in [0.25, 0.3) is 0 Å². The maximum atomic E-state index is 6.15. The number of hydrogen-bond donors (Lipinski definition) is 1. The molecule has 2 rings (SSSR count). The van der Waals surface area contributed by atoms with Crippen LogP contribution in [0.2, 0.25) is 10.0 Å². The number of anilines is 1. The lowest BCUT2D eigenvalue weighted by atomic mass is 10.1. The zero-order chi connectivity index (χ0) is 12.0. The number of nitrogens with two attached hydrogens (primary N) is 1. The smallest absolute Gasteiger partial charge is 0.0928 e. The molecule has 0 atom stereocenters. The van der Waals surface area contributed by atoms with Crippen molar-refractivity contribution in [2.24, 2.45) is 0 Å². The third-order valence-corrected chi connectivity index (χ3v) is 4.36. The molecular weight excluding hydrogens is 311 g/mol. The van der Waals surface area contributed by atoms with Crippen LogP contribution in [0.5, 0.6) is 0 Å². The van der Waals surface area contributed by atoms with Gasteiger partial charge in [-0.3, -0.25) is 4.98 Å². The average Bonchev–Trinajstić information content (AvgIpc) is 2.25. The molecule has 0 amide bonds. The van der Waals surface area contributed by atoms with Gasteiger partial charge >= 0.3 is 0 Å². The molecule has 1 aromatic heterocycles. The van der Waals surface area contributed by atoms with Crippen molar-refractivity contribution in [2.45, 2.75) is 13.8 Å². The van der Waals surface area contributed by atoms with Gasteiger partial charge in [0, 0.05) is 21.2 Å². The molecule has 0 bridgehead atoms. The van der Waals surface area contributed by atoms with Crippen molar-refractivity contribution in [3.63, 3.8) is 0 Å². The molecule has 0 aliphatic rings. The van der Waals surface area contributed by atoms with Crippen LogP contribution in [0.4, 0.5) is 5.69 Å². The van der Waals surface area contributed by atoms with E-state index >= 15 is 0 Å². The average molecular weight is 320 g/mol. The summed E-state index contributed by atoms with van der Waals surface area (Å²) in [6, 6.07) is 1.85. The lowest BCUT2D eigenvalue weighted by Gasteiger charge is -2.11. The fourth-order valence-corrected chi connectivity index (χ4v) is 2.48. The van der Waals surface area contributed by atoms with Gasteiger partial charge in [0.1, 0.15) is 0 Å². The highest BCUT2D eigenvalue weighted by Crippen LogP contribution is 2.39. The number of fused-ring (bicyclic) bond motifs is 1. The van der Waals surface area contributed by atoms with E-state index in [-0.39, 0.29) is 0 Å². The van der Waals surface area contributed by atoms with Crippen LogP contribution >= 0.6 is 39.1 Å². The van der Waals surface area contributed by atoms with Crippen LogP contribution in [0.1, 0.15) is 11.3 Å². The third-order valence-electron chi connectivity index (χ3n) is 2.65. The first-order valence-corrected chi connectivity index (χ1v) is 6.18. The molecule has 0 aliphatic heterocycles. The Morgan fingerprint density at radius 3 is 2.50 bits per heavy atom. The van der Waals surface area contributed by atoms with Gasteiger partial charge in [0.05, 0.1) is 15.6 Å². The Balaban J connectivity index is 3.02. The van der Waals surface area contributed by atoms with Crippen molar-refractivity contribution < 1.29 is 0 Å². The molecule has 0 fully saturated rings. The Bertz CT molecular complexity index is 543. The van der Waals surface area contributed by atoms with E-state index in [2.05, 4.69) is 20.9 Å². The molecule has 5 heteroatoms. The van der Waals surface area contributed by atoms with Crippen molar-refractivity contribution in [2.75, 3.05) is 5.73 Å². The highest BCUT2D eigenvalue weighted by molar-refractivity contribution is 9.10. The lowest BCUT2D eigenvalue weighted by molar-refractivity contribution is 1.20. The van der Waals surface area contributed by atoms with Crippen LogP contribution in [-0.4, -0.2) is 4.98 Å². The molecule has 0 unspecified atom stereocenters. The second kappa shape index (κ2) is 4.06. The first kappa shape index (κ1) is 12.0. The van der Waals surface area contributed by atoms with Gasteiger partial charge < -0.3 is 5.73 Å². The Hall–Kier alpha value is -0.510. The summed E-state index contributed by atoms with van der Waals surface area (Å²) >= 11 is 15.5. The number of nitrogens with zero attached hydrogens (tertiary/aromatic N) is 1. The van der Waals surface area contributed by atoms with Crippen LogP contribution in [0.3, 0.4) is 0 Å². The topological polar surface area (TPSA) is 38.9 Å². The van der Waals surface area contributed by atoms with Crippen LogP contribution in [0.15, 0.2) is 10.5 Å². The number of hydrogen-bond acceptors (Lipinski definition) is 2. The first-order valence-electron chi connectivity index (χ1n) is 4.63. The minimum Gasteiger partial charge on any atom is -0.398 e. The number of nitrogen functional groups attached to an aromatic ring is 1. The van der Waals surface area contributed by atoms with Crippen LogP contribution in [0.25, 0.3) is 10.9 Å². The zero-order valence-corrected chi connectivity index (χ0v) is 11.8. The fourth-order valence-electron chi connectivity index (χ4n) is 1.55. The van der Waals surface area contributed by atoms with E-state index < -0.39 is 0 Å². The van der Waals surface area contributed by atoms with Crippen molar-refractivity contribution in [3.05, 3.63) is 31.8 Å².